The molecule has 0 saturated carbocycles. The van der Waals surface area contributed by atoms with Crippen LogP contribution in [-0.2, 0) is 0 Å². The molecule has 1 heterocycles. The molecule has 0 aliphatic rings. The van der Waals surface area contributed by atoms with Gasteiger partial charge in [-0.2, -0.15) is 0 Å². The highest BCUT2D eigenvalue weighted by Crippen LogP contribution is 2.19. The summed E-state index contributed by atoms with van der Waals surface area (Å²) in [7, 11) is 0. The first-order valence-corrected chi connectivity index (χ1v) is 6.00. The van der Waals surface area contributed by atoms with Crippen molar-refractivity contribution in [2.75, 3.05) is 6.61 Å². The van der Waals surface area contributed by atoms with E-state index in [-0.39, 0.29) is 23.1 Å². The van der Waals surface area contributed by atoms with Crippen LogP contribution in [0.2, 0.25) is 0 Å². The molecule has 0 aliphatic heterocycles. The van der Waals surface area contributed by atoms with Crippen molar-refractivity contribution in [3.05, 3.63) is 41.6 Å². The molecule has 0 aliphatic carbocycles. The van der Waals surface area contributed by atoms with Gasteiger partial charge in [-0.05, 0) is 26.0 Å². The normalized spacial score (nSPS) is 11.7. The molecule has 0 unspecified atom stereocenters. The SMILES string of the molecule is CC(C)(CO)NC(=O)c1cnc2c(F)cc(F)cc2c1. The maximum absolute atomic E-state index is 13.5. The van der Waals surface area contributed by atoms with Gasteiger partial charge in [0.1, 0.15) is 11.3 Å². The molecule has 0 saturated heterocycles. The number of benzene rings is 1. The number of pyridine rings is 1. The third-order valence-electron chi connectivity index (χ3n) is 2.81. The van der Waals surface area contributed by atoms with E-state index in [1.165, 1.54) is 12.3 Å². The average Bonchev–Trinajstić information content (AvgIpc) is 2.37. The summed E-state index contributed by atoms with van der Waals surface area (Å²) in [5.41, 5.74) is -0.618. The third kappa shape index (κ3) is 2.91. The van der Waals surface area contributed by atoms with E-state index < -0.39 is 23.1 Å². The van der Waals surface area contributed by atoms with E-state index >= 15 is 0 Å². The van der Waals surface area contributed by atoms with Crippen molar-refractivity contribution in [3.63, 3.8) is 0 Å². The maximum Gasteiger partial charge on any atom is 0.253 e. The fraction of sp³-hybridized carbons (Fsp3) is 0.286. The predicted molar refractivity (Wildman–Crippen MR) is 70.3 cm³/mol. The molecule has 0 bridgehead atoms. The second kappa shape index (κ2) is 5.13. The Kier molecular flexibility index (Phi) is 3.67. The van der Waals surface area contributed by atoms with E-state index in [4.69, 9.17) is 5.11 Å². The topological polar surface area (TPSA) is 62.2 Å². The highest BCUT2D eigenvalue weighted by atomic mass is 19.1. The maximum atomic E-state index is 13.5. The molecule has 0 radical (unpaired) electrons. The Balaban J connectivity index is 2.39. The Labute approximate surface area is 114 Å². The summed E-state index contributed by atoms with van der Waals surface area (Å²) in [5.74, 6) is -1.98. The molecule has 1 amide bonds. The number of aromatic nitrogens is 1. The van der Waals surface area contributed by atoms with Gasteiger partial charge in [-0.15, -0.1) is 0 Å². The van der Waals surface area contributed by atoms with Crippen molar-refractivity contribution in [1.29, 1.82) is 0 Å². The Bertz CT molecular complexity index is 672. The number of carbonyl (C=O) groups excluding carboxylic acids is 1. The zero-order valence-corrected chi connectivity index (χ0v) is 11.1. The Hall–Kier alpha value is -2.08. The molecule has 0 fully saturated rings. The van der Waals surface area contributed by atoms with Gasteiger partial charge in [0, 0.05) is 17.6 Å². The van der Waals surface area contributed by atoms with Crippen LogP contribution in [0, 0.1) is 11.6 Å². The number of nitrogens with one attached hydrogen (secondary N) is 1. The van der Waals surface area contributed by atoms with Crippen molar-refractivity contribution in [1.82, 2.24) is 10.3 Å². The standard InChI is InChI=1S/C14H14F2N2O2/c1-14(2,7-19)18-13(20)9-3-8-4-10(15)5-11(16)12(8)17-6-9/h3-6,19H,7H2,1-2H3,(H,18,20). The number of hydrogen-bond acceptors (Lipinski definition) is 3. The first kappa shape index (κ1) is 14.3. The second-order valence-corrected chi connectivity index (χ2v) is 5.18. The third-order valence-corrected chi connectivity index (χ3v) is 2.81. The molecule has 0 atom stereocenters. The van der Waals surface area contributed by atoms with Crippen LogP contribution in [0.4, 0.5) is 8.78 Å². The first-order chi connectivity index (χ1) is 9.32. The summed E-state index contributed by atoms with van der Waals surface area (Å²) >= 11 is 0. The molecule has 6 heteroatoms. The van der Waals surface area contributed by atoms with Gasteiger partial charge in [0.2, 0.25) is 0 Å². The van der Waals surface area contributed by atoms with Crippen LogP contribution >= 0.6 is 0 Å². The lowest BCUT2D eigenvalue weighted by Crippen LogP contribution is -2.46. The second-order valence-electron chi connectivity index (χ2n) is 5.18. The largest absolute Gasteiger partial charge is 0.394 e. The molecule has 2 aromatic rings. The summed E-state index contributed by atoms with van der Waals surface area (Å²) in [6.45, 7) is 3.07. The number of fused-ring (bicyclic) bond motifs is 1. The molecule has 4 nitrogen and oxygen atoms in total. The smallest absolute Gasteiger partial charge is 0.253 e. The van der Waals surface area contributed by atoms with E-state index in [0.717, 1.165) is 12.1 Å². The number of halogens is 2. The molecule has 2 N–H and O–H groups in total. The molecule has 20 heavy (non-hydrogen) atoms. The molecular weight excluding hydrogens is 266 g/mol. The zero-order valence-electron chi connectivity index (χ0n) is 11.1. The van der Waals surface area contributed by atoms with Gasteiger partial charge in [0.15, 0.2) is 5.82 Å². The Morgan fingerprint density at radius 3 is 2.70 bits per heavy atom. The van der Waals surface area contributed by atoms with Crippen molar-refractivity contribution in [2.24, 2.45) is 0 Å². The zero-order chi connectivity index (χ0) is 14.9. The lowest BCUT2D eigenvalue weighted by molar-refractivity contribution is 0.0869. The Morgan fingerprint density at radius 1 is 1.35 bits per heavy atom. The summed E-state index contributed by atoms with van der Waals surface area (Å²) in [5, 5.41) is 11.9. The Morgan fingerprint density at radius 2 is 2.05 bits per heavy atom. The van der Waals surface area contributed by atoms with Gasteiger partial charge in [0.05, 0.1) is 17.7 Å². The number of amides is 1. The minimum atomic E-state index is -0.792. The predicted octanol–water partition coefficient (Wildman–Crippen LogP) is 2.01. The first-order valence-electron chi connectivity index (χ1n) is 6.00. The average molecular weight is 280 g/mol. The summed E-state index contributed by atoms with van der Waals surface area (Å²) in [6, 6.07) is 3.21. The van der Waals surface area contributed by atoms with Gasteiger partial charge in [0.25, 0.3) is 5.91 Å². The van der Waals surface area contributed by atoms with Crippen molar-refractivity contribution < 1.29 is 18.7 Å². The molecule has 106 valence electrons. The molecule has 1 aromatic carbocycles. The van der Waals surface area contributed by atoms with E-state index in [1.54, 1.807) is 13.8 Å². The highest BCUT2D eigenvalue weighted by molar-refractivity contribution is 5.97. The number of carbonyl (C=O) groups is 1. The minimum absolute atomic E-state index is 0.00404. The van der Waals surface area contributed by atoms with Crippen LogP contribution in [-0.4, -0.2) is 28.1 Å². The summed E-state index contributed by atoms with van der Waals surface area (Å²) in [6.07, 6.45) is 1.21. The van der Waals surface area contributed by atoms with E-state index in [0.29, 0.717) is 0 Å². The molecule has 0 spiro atoms. The van der Waals surface area contributed by atoms with E-state index in [2.05, 4.69) is 10.3 Å². The van der Waals surface area contributed by atoms with Gasteiger partial charge in [-0.1, -0.05) is 0 Å². The number of rotatable bonds is 3. The van der Waals surface area contributed by atoms with Gasteiger partial charge in [-0.3, -0.25) is 9.78 Å². The number of nitrogens with zero attached hydrogens (tertiary/aromatic N) is 1. The quantitative estimate of drug-likeness (QED) is 0.904. The van der Waals surface area contributed by atoms with Crippen LogP contribution in [0.25, 0.3) is 10.9 Å². The van der Waals surface area contributed by atoms with Gasteiger partial charge >= 0.3 is 0 Å². The van der Waals surface area contributed by atoms with E-state index in [9.17, 15) is 13.6 Å². The fourth-order valence-electron chi connectivity index (χ4n) is 1.71. The molecule has 1 aromatic heterocycles. The van der Waals surface area contributed by atoms with Crippen molar-refractivity contribution >= 4 is 16.8 Å². The number of aliphatic hydroxyl groups is 1. The fourth-order valence-corrected chi connectivity index (χ4v) is 1.71. The van der Waals surface area contributed by atoms with Crippen molar-refractivity contribution in [3.8, 4) is 0 Å². The van der Waals surface area contributed by atoms with Gasteiger partial charge in [-0.25, -0.2) is 8.78 Å². The van der Waals surface area contributed by atoms with Gasteiger partial charge < -0.3 is 10.4 Å². The van der Waals surface area contributed by atoms with Crippen molar-refractivity contribution in [2.45, 2.75) is 19.4 Å². The van der Waals surface area contributed by atoms with Crippen LogP contribution < -0.4 is 5.32 Å². The molecular formula is C14H14F2N2O2. The lowest BCUT2D eigenvalue weighted by Gasteiger charge is -2.23. The highest BCUT2D eigenvalue weighted by Gasteiger charge is 2.20. The van der Waals surface area contributed by atoms with Crippen LogP contribution in [0.3, 0.4) is 0 Å². The minimum Gasteiger partial charge on any atom is -0.394 e. The van der Waals surface area contributed by atoms with Crippen LogP contribution in [0.5, 0.6) is 0 Å². The monoisotopic (exact) mass is 280 g/mol. The van der Waals surface area contributed by atoms with E-state index in [1.807, 2.05) is 0 Å². The lowest BCUT2D eigenvalue weighted by atomic mass is 10.1. The van der Waals surface area contributed by atoms with Crippen LogP contribution in [0.1, 0.15) is 24.2 Å². The number of hydrogen-bond donors (Lipinski definition) is 2. The van der Waals surface area contributed by atoms with Crippen LogP contribution in [0.15, 0.2) is 24.4 Å². The molecule has 2 rings (SSSR count). The number of aliphatic hydroxyl groups excluding tert-OH is 1. The summed E-state index contributed by atoms with van der Waals surface area (Å²) in [4.78, 5) is 15.8. The summed E-state index contributed by atoms with van der Waals surface area (Å²) < 4.78 is 26.6.